The van der Waals surface area contributed by atoms with Gasteiger partial charge in [0.15, 0.2) is 0 Å². The molecule has 1 N–H and O–H groups in total. The van der Waals surface area contributed by atoms with Crippen LogP contribution in [0, 0.1) is 46.3 Å². The first-order chi connectivity index (χ1) is 14.2. The van der Waals surface area contributed by atoms with Crippen molar-refractivity contribution in [3.63, 3.8) is 0 Å². The largest absolute Gasteiger partial charge is 0.389 e. The van der Waals surface area contributed by atoms with Gasteiger partial charge in [0.25, 0.3) is 0 Å². The van der Waals surface area contributed by atoms with Crippen molar-refractivity contribution in [1.29, 1.82) is 0 Å². The molecule has 0 aliphatic heterocycles. The molecule has 0 aromatic carbocycles. The zero-order valence-electron chi connectivity index (χ0n) is 20.6. The van der Waals surface area contributed by atoms with E-state index in [0.717, 1.165) is 24.2 Å². The molecule has 4 rings (SSSR count). The lowest BCUT2D eigenvalue weighted by atomic mass is 9.46. The van der Waals surface area contributed by atoms with Gasteiger partial charge in [0.2, 0.25) is 0 Å². The maximum Gasteiger partial charge on any atom is 0.0757 e. The Morgan fingerprint density at radius 2 is 1.80 bits per heavy atom. The van der Waals surface area contributed by atoms with E-state index >= 15 is 0 Å². The Labute approximate surface area is 186 Å². The Balaban J connectivity index is 1.53. The second kappa shape index (κ2) is 8.54. The van der Waals surface area contributed by atoms with Crippen LogP contribution in [-0.4, -0.2) is 24.4 Å². The lowest BCUT2D eigenvalue weighted by Crippen LogP contribution is -2.55. The minimum atomic E-state index is -0.242. The molecule has 4 aliphatic carbocycles. The van der Waals surface area contributed by atoms with Crippen LogP contribution < -0.4 is 0 Å². The van der Waals surface area contributed by atoms with Gasteiger partial charge < -0.3 is 9.84 Å². The summed E-state index contributed by atoms with van der Waals surface area (Å²) < 4.78 is 5.71. The third-order valence-electron chi connectivity index (χ3n) is 10.6. The lowest BCUT2D eigenvalue weighted by molar-refractivity contribution is -0.0986. The van der Waals surface area contributed by atoms with E-state index in [1.165, 1.54) is 63.4 Å². The van der Waals surface area contributed by atoms with E-state index < -0.39 is 0 Å². The standard InChI is InChI=1S/C28H48O2/c1-18(2)8-7-9-19(3)22-10-11-23-26-24(13-15-28(22,23)5)27(4)14-12-21(30-6)16-20(27)17-25(26)29/h17-19,21-26,29H,7-16H2,1-6H3/t19-,21+,22?,23?,24?,25-,26+,27+,28-/m1/s1. The van der Waals surface area contributed by atoms with Gasteiger partial charge in [0.05, 0.1) is 12.2 Å². The Kier molecular flexibility index (Phi) is 6.50. The van der Waals surface area contributed by atoms with E-state index in [0.29, 0.717) is 34.7 Å². The minimum absolute atomic E-state index is 0.242. The quantitative estimate of drug-likeness (QED) is 0.472. The minimum Gasteiger partial charge on any atom is -0.389 e. The topological polar surface area (TPSA) is 29.5 Å². The van der Waals surface area contributed by atoms with Gasteiger partial charge in [0, 0.05) is 7.11 Å². The highest BCUT2D eigenvalue weighted by atomic mass is 16.5. The van der Waals surface area contributed by atoms with E-state index in [9.17, 15) is 5.11 Å². The molecule has 2 nitrogen and oxygen atoms in total. The van der Waals surface area contributed by atoms with Gasteiger partial charge in [0.1, 0.15) is 0 Å². The molecule has 0 radical (unpaired) electrons. The molecule has 3 unspecified atom stereocenters. The smallest absolute Gasteiger partial charge is 0.0757 e. The molecular formula is C28H48O2. The predicted molar refractivity (Wildman–Crippen MR) is 125 cm³/mol. The molecule has 3 saturated carbocycles. The Morgan fingerprint density at radius 3 is 2.50 bits per heavy atom. The van der Waals surface area contributed by atoms with Gasteiger partial charge in [-0.05, 0) is 91.3 Å². The summed E-state index contributed by atoms with van der Waals surface area (Å²) >= 11 is 0. The summed E-state index contributed by atoms with van der Waals surface area (Å²) in [6, 6.07) is 0. The van der Waals surface area contributed by atoms with E-state index in [2.05, 4.69) is 40.7 Å². The molecule has 0 heterocycles. The van der Waals surface area contributed by atoms with Crippen molar-refractivity contribution in [3.05, 3.63) is 11.6 Å². The summed E-state index contributed by atoms with van der Waals surface area (Å²) in [5.74, 6) is 4.35. The van der Waals surface area contributed by atoms with Crippen molar-refractivity contribution in [3.8, 4) is 0 Å². The number of hydrogen-bond acceptors (Lipinski definition) is 2. The first kappa shape index (κ1) is 22.8. The number of aliphatic hydroxyl groups is 1. The first-order valence-electron chi connectivity index (χ1n) is 13.1. The summed E-state index contributed by atoms with van der Waals surface area (Å²) in [4.78, 5) is 0. The summed E-state index contributed by atoms with van der Waals surface area (Å²) in [5.41, 5.74) is 2.24. The van der Waals surface area contributed by atoms with Crippen molar-refractivity contribution in [1.82, 2.24) is 0 Å². The van der Waals surface area contributed by atoms with Crippen LogP contribution in [0.4, 0.5) is 0 Å². The van der Waals surface area contributed by atoms with Gasteiger partial charge in [-0.2, -0.15) is 0 Å². The maximum atomic E-state index is 11.4. The van der Waals surface area contributed by atoms with Gasteiger partial charge in [-0.3, -0.25) is 0 Å². The highest BCUT2D eigenvalue weighted by Gasteiger charge is 2.61. The molecule has 3 fully saturated rings. The molecule has 0 spiro atoms. The van der Waals surface area contributed by atoms with E-state index in [1.54, 1.807) is 0 Å². The van der Waals surface area contributed by atoms with Gasteiger partial charge in [-0.15, -0.1) is 0 Å². The van der Waals surface area contributed by atoms with Crippen LogP contribution in [0.2, 0.25) is 0 Å². The number of rotatable bonds is 6. The number of hydrogen-bond donors (Lipinski definition) is 1. The van der Waals surface area contributed by atoms with Crippen molar-refractivity contribution < 1.29 is 9.84 Å². The van der Waals surface area contributed by atoms with Crippen LogP contribution >= 0.6 is 0 Å². The number of ether oxygens (including phenoxy) is 1. The van der Waals surface area contributed by atoms with Crippen LogP contribution in [0.3, 0.4) is 0 Å². The molecule has 0 aromatic heterocycles. The summed E-state index contributed by atoms with van der Waals surface area (Å²) in [5, 5.41) is 11.4. The second-order valence-corrected chi connectivity index (χ2v) is 12.5. The first-order valence-corrected chi connectivity index (χ1v) is 13.1. The fraction of sp³-hybridized carbons (Fsp3) is 0.929. The molecule has 9 atom stereocenters. The summed E-state index contributed by atoms with van der Waals surface area (Å²) in [7, 11) is 1.85. The fourth-order valence-corrected chi connectivity index (χ4v) is 8.84. The molecule has 4 aliphatic rings. The van der Waals surface area contributed by atoms with Crippen LogP contribution in [0.5, 0.6) is 0 Å². The molecule has 172 valence electrons. The average Bonchev–Trinajstić information content (AvgIpc) is 3.05. The monoisotopic (exact) mass is 416 g/mol. The van der Waals surface area contributed by atoms with Crippen molar-refractivity contribution in [2.45, 2.75) is 111 Å². The molecular weight excluding hydrogens is 368 g/mol. The van der Waals surface area contributed by atoms with Crippen molar-refractivity contribution in [2.75, 3.05) is 7.11 Å². The SMILES string of the molecule is CO[C@H]1CC[C@@]2(C)C(=C[C@@H](O)[C@H]3C4CCC([C@H](C)CCCC(C)C)[C@@]4(C)CCC32)C1. The number of fused-ring (bicyclic) bond motifs is 5. The average molecular weight is 417 g/mol. The number of methoxy groups -OCH3 is 1. The zero-order chi connectivity index (χ0) is 21.7. The highest BCUT2D eigenvalue weighted by Crippen LogP contribution is 2.67. The second-order valence-electron chi connectivity index (χ2n) is 12.5. The Hall–Kier alpha value is -0.340. The van der Waals surface area contributed by atoms with E-state index in [1.807, 2.05) is 7.11 Å². The molecule has 0 saturated heterocycles. The lowest BCUT2D eigenvalue weighted by Gasteiger charge is -2.59. The maximum absolute atomic E-state index is 11.4. The zero-order valence-corrected chi connectivity index (χ0v) is 20.6. The van der Waals surface area contributed by atoms with Crippen molar-refractivity contribution in [2.24, 2.45) is 46.3 Å². The molecule has 2 heteroatoms. The molecule has 30 heavy (non-hydrogen) atoms. The highest BCUT2D eigenvalue weighted by molar-refractivity contribution is 5.28. The predicted octanol–water partition coefficient (Wildman–Crippen LogP) is 7.01. The Morgan fingerprint density at radius 1 is 1.03 bits per heavy atom. The van der Waals surface area contributed by atoms with Crippen LogP contribution in [0.1, 0.15) is 98.8 Å². The van der Waals surface area contributed by atoms with E-state index in [-0.39, 0.29) is 6.10 Å². The van der Waals surface area contributed by atoms with Gasteiger partial charge >= 0.3 is 0 Å². The van der Waals surface area contributed by atoms with Crippen LogP contribution in [-0.2, 0) is 4.74 Å². The fourth-order valence-electron chi connectivity index (χ4n) is 8.84. The molecule has 0 bridgehead atoms. The van der Waals surface area contributed by atoms with Crippen LogP contribution in [0.15, 0.2) is 11.6 Å². The summed E-state index contributed by atoms with van der Waals surface area (Å²) in [6.45, 7) is 12.4. The van der Waals surface area contributed by atoms with Gasteiger partial charge in [-0.25, -0.2) is 0 Å². The molecule has 0 aromatic rings. The Bertz CT molecular complexity index is 639. The molecule has 0 amide bonds. The van der Waals surface area contributed by atoms with Crippen LogP contribution in [0.25, 0.3) is 0 Å². The van der Waals surface area contributed by atoms with E-state index in [4.69, 9.17) is 4.74 Å². The number of aliphatic hydroxyl groups excluding tert-OH is 1. The third kappa shape index (κ3) is 3.72. The normalized spacial score (nSPS) is 46.7. The van der Waals surface area contributed by atoms with Crippen molar-refractivity contribution >= 4 is 0 Å². The summed E-state index contributed by atoms with van der Waals surface area (Å²) in [6.07, 6.45) is 15.4. The van der Waals surface area contributed by atoms with Gasteiger partial charge in [-0.1, -0.05) is 65.5 Å². The third-order valence-corrected chi connectivity index (χ3v) is 10.6.